The first-order valence-corrected chi connectivity index (χ1v) is 12.1. The molecule has 9 heteroatoms. The van der Waals surface area contributed by atoms with Gasteiger partial charge in [0.15, 0.2) is 0 Å². The van der Waals surface area contributed by atoms with Crippen molar-refractivity contribution in [1.82, 2.24) is 15.5 Å². The number of aliphatic hydroxyl groups excluding tert-OH is 1. The summed E-state index contributed by atoms with van der Waals surface area (Å²) >= 11 is 0. The summed E-state index contributed by atoms with van der Waals surface area (Å²) in [5.41, 5.74) is 1.57. The second-order valence-corrected chi connectivity index (χ2v) is 10.2. The number of carbonyl (C=O) groups excluding carboxylic acids is 3. The fourth-order valence-electron chi connectivity index (χ4n) is 4.38. The van der Waals surface area contributed by atoms with Crippen LogP contribution in [0.15, 0.2) is 18.2 Å². The highest BCUT2D eigenvalue weighted by molar-refractivity contribution is 5.92. The molecule has 1 aliphatic carbocycles. The number of amides is 3. The van der Waals surface area contributed by atoms with E-state index in [1.165, 1.54) is 0 Å². The number of nitrogens with one attached hydrogen (secondary N) is 2. The Morgan fingerprint density at radius 1 is 1.14 bits per heavy atom. The van der Waals surface area contributed by atoms with Crippen LogP contribution < -0.4 is 10.6 Å². The Labute approximate surface area is 207 Å². The third kappa shape index (κ3) is 8.55. The standard InChI is InChI=1S/C26H38N4O5/c1-17-13-18(2)15-19(14-17)22(23(32)28-20-9-7-6-8-10-20)30(12-11-27)24(33)21(16-31)29-25(34)35-26(3,4)5/h13-15,20-22,31H,6-10,12,16H2,1-5H3,(H,28,32)(H,29,34). The molecule has 3 amide bonds. The number of hydrogen-bond acceptors (Lipinski definition) is 6. The van der Waals surface area contributed by atoms with Crippen LogP contribution in [0.1, 0.15) is 75.6 Å². The highest BCUT2D eigenvalue weighted by Crippen LogP contribution is 2.26. The van der Waals surface area contributed by atoms with Gasteiger partial charge in [0.2, 0.25) is 11.8 Å². The summed E-state index contributed by atoms with van der Waals surface area (Å²) in [6.07, 6.45) is 4.00. The molecular weight excluding hydrogens is 448 g/mol. The van der Waals surface area contributed by atoms with E-state index in [0.717, 1.165) is 48.1 Å². The summed E-state index contributed by atoms with van der Waals surface area (Å²) in [6.45, 7) is 7.69. The van der Waals surface area contributed by atoms with Gasteiger partial charge in [0.1, 0.15) is 24.2 Å². The molecule has 0 bridgehead atoms. The molecule has 1 aromatic carbocycles. The Kier molecular flexibility index (Phi) is 10.1. The van der Waals surface area contributed by atoms with Crippen LogP contribution in [0.25, 0.3) is 0 Å². The van der Waals surface area contributed by atoms with Crippen LogP contribution in [0, 0.1) is 25.2 Å². The zero-order valence-corrected chi connectivity index (χ0v) is 21.4. The van der Waals surface area contributed by atoms with Gasteiger partial charge in [0, 0.05) is 6.04 Å². The first kappa shape index (κ1) is 28.1. The Balaban J connectivity index is 2.41. The molecule has 1 aliphatic rings. The van der Waals surface area contributed by atoms with Gasteiger partial charge >= 0.3 is 6.09 Å². The minimum Gasteiger partial charge on any atom is -0.444 e. The minimum atomic E-state index is -1.38. The maximum atomic E-state index is 13.6. The first-order chi connectivity index (χ1) is 16.4. The second kappa shape index (κ2) is 12.5. The summed E-state index contributed by atoms with van der Waals surface area (Å²) in [6, 6.07) is 5.05. The number of aliphatic hydroxyl groups is 1. The zero-order chi connectivity index (χ0) is 26.2. The third-order valence-corrected chi connectivity index (χ3v) is 5.77. The lowest BCUT2D eigenvalue weighted by molar-refractivity contribution is -0.142. The molecule has 1 saturated carbocycles. The molecule has 0 heterocycles. The molecule has 2 atom stereocenters. The highest BCUT2D eigenvalue weighted by Gasteiger charge is 2.37. The topological polar surface area (TPSA) is 132 Å². The summed E-state index contributed by atoms with van der Waals surface area (Å²) in [5.74, 6) is -1.14. The van der Waals surface area contributed by atoms with Crippen LogP contribution in [0.4, 0.5) is 4.79 Å². The van der Waals surface area contributed by atoms with Crippen molar-refractivity contribution in [3.8, 4) is 6.07 Å². The predicted octanol–water partition coefficient (Wildman–Crippen LogP) is 3.03. The Hall–Kier alpha value is -3.12. The third-order valence-electron chi connectivity index (χ3n) is 5.77. The monoisotopic (exact) mass is 486 g/mol. The fraction of sp³-hybridized carbons (Fsp3) is 0.615. The van der Waals surface area contributed by atoms with Crippen LogP contribution in [-0.2, 0) is 14.3 Å². The summed E-state index contributed by atoms with van der Waals surface area (Å²) in [4.78, 5) is 40.5. The van der Waals surface area contributed by atoms with Gasteiger partial charge in [-0.3, -0.25) is 9.59 Å². The van der Waals surface area contributed by atoms with Gasteiger partial charge in [-0.15, -0.1) is 0 Å². The number of ether oxygens (including phenoxy) is 1. The van der Waals surface area contributed by atoms with E-state index >= 15 is 0 Å². The van der Waals surface area contributed by atoms with E-state index in [0.29, 0.717) is 5.56 Å². The van der Waals surface area contributed by atoms with Gasteiger partial charge in [-0.05, 0) is 53.0 Å². The van der Waals surface area contributed by atoms with Crippen molar-refractivity contribution in [2.24, 2.45) is 0 Å². The lowest BCUT2D eigenvalue weighted by Gasteiger charge is -2.34. The van der Waals surface area contributed by atoms with Crippen molar-refractivity contribution in [2.75, 3.05) is 13.2 Å². The quantitative estimate of drug-likeness (QED) is 0.484. The second-order valence-electron chi connectivity index (χ2n) is 10.2. The van der Waals surface area contributed by atoms with Crippen molar-refractivity contribution >= 4 is 17.9 Å². The molecule has 0 aromatic heterocycles. The molecule has 1 fully saturated rings. The van der Waals surface area contributed by atoms with Gasteiger partial charge in [-0.25, -0.2) is 4.79 Å². The maximum absolute atomic E-state index is 13.6. The molecular formula is C26H38N4O5. The lowest BCUT2D eigenvalue weighted by Crippen LogP contribution is -2.55. The van der Waals surface area contributed by atoms with E-state index < -0.39 is 42.8 Å². The fourth-order valence-corrected chi connectivity index (χ4v) is 4.38. The largest absolute Gasteiger partial charge is 0.444 e. The average molecular weight is 487 g/mol. The Morgan fingerprint density at radius 3 is 2.26 bits per heavy atom. The van der Waals surface area contributed by atoms with Crippen molar-refractivity contribution in [3.63, 3.8) is 0 Å². The molecule has 0 aliphatic heterocycles. The first-order valence-electron chi connectivity index (χ1n) is 12.1. The van der Waals surface area contributed by atoms with E-state index in [4.69, 9.17) is 4.74 Å². The smallest absolute Gasteiger partial charge is 0.408 e. The molecule has 35 heavy (non-hydrogen) atoms. The van der Waals surface area contributed by atoms with Crippen molar-refractivity contribution < 1.29 is 24.2 Å². The molecule has 3 N–H and O–H groups in total. The van der Waals surface area contributed by atoms with E-state index in [1.807, 2.05) is 38.1 Å². The lowest BCUT2D eigenvalue weighted by atomic mass is 9.94. The maximum Gasteiger partial charge on any atom is 0.408 e. The van der Waals surface area contributed by atoms with Crippen LogP contribution in [0.5, 0.6) is 0 Å². The van der Waals surface area contributed by atoms with Crippen LogP contribution in [0.2, 0.25) is 0 Å². The summed E-state index contributed by atoms with van der Waals surface area (Å²) < 4.78 is 5.21. The SMILES string of the molecule is Cc1cc(C)cc(C(C(=O)NC2CCCCC2)N(CC#N)C(=O)C(CO)NC(=O)OC(C)(C)C)c1. The molecule has 192 valence electrons. The van der Waals surface area contributed by atoms with Crippen molar-refractivity contribution in [3.05, 3.63) is 34.9 Å². The summed E-state index contributed by atoms with van der Waals surface area (Å²) in [5, 5.41) is 24.9. The molecule has 2 unspecified atom stereocenters. The molecule has 0 radical (unpaired) electrons. The summed E-state index contributed by atoms with van der Waals surface area (Å²) in [7, 11) is 0. The van der Waals surface area contributed by atoms with Gasteiger partial charge in [-0.2, -0.15) is 5.26 Å². The molecule has 1 aromatic rings. The van der Waals surface area contributed by atoms with E-state index in [9.17, 15) is 24.8 Å². The number of nitrogens with zero attached hydrogens (tertiary/aromatic N) is 2. The Bertz CT molecular complexity index is 924. The number of rotatable bonds is 8. The highest BCUT2D eigenvalue weighted by atomic mass is 16.6. The van der Waals surface area contributed by atoms with E-state index in [2.05, 4.69) is 10.6 Å². The predicted molar refractivity (Wildman–Crippen MR) is 131 cm³/mol. The number of benzene rings is 1. The van der Waals surface area contributed by atoms with Gasteiger partial charge in [0.05, 0.1) is 12.7 Å². The van der Waals surface area contributed by atoms with E-state index in [1.54, 1.807) is 20.8 Å². The number of nitriles is 1. The number of hydrogen-bond donors (Lipinski definition) is 3. The van der Waals surface area contributed by atoms with Crippen molar-refractivity contribution in [2.45, 2.75) is 90.4 Å². The minimum absolute atomic E-state index is 0.00257. The molecule has 0 spiro atoms. The van der Waals surface area contributed by atoms with Crippen LogP contribution in [-0.4, -0.2) is 58.8 Å². The molecule has 9 nitrogen and oxygen atoms in total. The van der Waals surface area contributed by atoms with Crippen LogP contribution in [0.3, 0.4) is 0 Å². The average Bonchev–Trinajstić information content (AvgIpc) is 2.75. The number of alkyl carbamates (subject to hydrolysis) is 1. The number of aryl methyl sites for hydroxylation is 2. The van der Waals surface area contributed by atoms with Crippen molar-refractivity contribution in [1.29, 1.82) is 5.26 Å². The normalized spacial score (nSPS) is 15.9. The molecule has 0 saturated heterocycles. The van der Waals surface area contributed by atoms with Gasteiger partial charge in [-0.1, -0.05) is 48.6 Å². The van der Waals surface area contributed by atoms with Gasteiger partial charge in [0.25, 0.3) is 0 Å². The zero-order valence-electron chi connectivity index (χ0n) is 21.4. The Morgan fingerprint density at radius 2 is 1.74 bits per heavy atom. The van der Waals surface area contributed by atoms with E-state index in [-0.39, 0.29) is 11.9 Å². The molecule has 2 rings (SSSR count). The van der Waals surface area contributed by atoms with Crippen LogP contribution >= 0.6 is 0 Å². The number of carbonyl (C=O) groups is 3. The van der Waals surface area contributed by atoms with Gasteiger partial charge < -0.3 is 25.4 Å².